The van der Waals surface area contributed by atoms with Crippen molar-refractivity contribution in [2.75, 3.05) is 38.3 Å². The topological polar surface area (TPSA) is 77.8 Å². The number of unbranched alkanes of at least 4 members (excludes halogenated alkanes) is 15. The predicted molar refractivity (Wildman–Crippen MR) is 127 cm³/mol. The Bertz CT molecular complexity index is 310. The van der Waals surface area contributed by atoms with Gasteiger partial charge in [0.05, 0.1) is 7.14 Å². The van der Waals surface area contributed by atoms with Gasteiger partial charge in [0.15, 0.2) is 0 Å². The Morgan fingerprint density at radius 2 is 0.552 bits per heavy atom. The van der Waals surface area contributed by atoms with Crippen LogP contribution in [-0.4, -0.2) is 53.6 Å². The van der Waals surface area contributed by atoms with E-state index in [9.17, 15) is 4.57 Å². The highest BCUT2D eigenvalue weighted by atomic mass is 31.2. The standard InChI is InChI=1S/C24H51O4P/c25-19-13-7-1-4-10-16-22-29(28,23-17-11-5-2-8-14-20-26)24-18-12-6-3-9-15-21-27/h25-27H,1-24H2. The fourth-order valence-electron chi connectivity index (χ4n) is 3.99. The molecule has 0 aliphatic heterocycles. The molecule has 0 spiro atoms. The molecule has 0 saturated heterocycles. The molecule has 0 saturated carbocycles. The normalized spacial score (nSPS) is 12.0. The molecule has 0 fully saturated rings. The minimum Gasteiger partial charge on any atom is -0.396 e. The van der Waals surface area contributed by atoms with Crippen LogP contribution in [0, 0.1) is 0 Å². The summed E-state index contributed by atoms with van der Waals surface area (Å²) in [6.45, 7) is 0.902. The van der Waals surface area contributed by atoms with Crippen LogP contribution in [0.3, 0.4) is 0 Å². The van der Waals surface area contributed by atoms with Crippen LogP contribution in [0.15, 0.2) is 0 Å². The van der Waals surface area contributed by atoms with Crippen molar-refractivity contribution in [1.29, 1.82) is 0 Å². The van der Waals surface area contributed by atoms with Gasteiger partial charge in [-0.15, -0.1) is 0 Å². The zero-order valence-corrected chi connectivity index (χ0v) is 20.1. The molecule has 0 aromatic rings. The van der Waals surface area contributed by atoms with Crippen LogP contribution < -0.4 is 0 Å². The molecule has 0 rings (SSSR count). The highest BCUT2D eigenvalue weighted by molar-refractivity contribution is 7.63. The van der Waals surface area contributed by atoms with Gasteiger partial charge in [-0.1, -0.05) is 77.0 Å². The van der Waals surface area contributed by atoms with E-state index in [1.807, 2.05) is 0 Å². The zero-order chi connectivity index (χ0) is 21.5. The van der Waals surface area contributed by atoms with E-state index in [1.165, 1.54) is 57.8 Å². The third kappa shape index (κ3) is 21.1. The Balaban J connectivity index is 4.05. The summed E-state index contributed by atoms with van der Waals surface area (Å²) < 4.78 is 13.5. The van der Waals surface area contributed by atoms with Gasteiger partial charge in [0.1, 0.15) is 0 Å². The second kappa shape index (κ2) is 22.8. The molecule has 176 valence electrons. The van der Waals surface area contributed by atoms with E-state index in [-0.39, 0.29) is 0 Å². The van der Waals surface area contributed by atoms with E-state index in [4.69, 9.17) is 15.3 Å². The van der Waals surface area contributed by atoms with Crippen LogP contribution in [-0.2, 0) is 4.57 Å². The van der Waals surface area contributed by atoms with Crippen LogP contribution in [0.25, 0.3) is 0 Å². The van der Waals surface area contributed by atoms with Crippen LogP contribution in [0.2, 0.25) is 0 Å². The number of rotatable bonds is 24. The summed E-state index contributed by atoms with van der Waals surface area (Å²) in [5, 5.41) is 26.5. The van der Waals surface area contributed by atoms with E-state index in [0.29, 0.717) is 19.8 Å². The largest absolute Gasteiger partial charge is 0.396 e. The summed E-state index contributed by atoms with van der Waals surface area (Å²) in [6, 6.07) is 0. The molecule has 0 bridgehead atoms. The molecule has 5 heteroatoms. The quantitative estimate of drug-likeness (QED) is 0.122. The second-order valence-electron chi connectivity index (χ2n) is 8.76. The van der Waals surface area contributed by atoms with Crippen molar-refractivity contribution < 1.29 is 19.9 Å². The molecular weight excluding hydrogens is 383 g/mol. The third-order valence-corrected chi connectivity index (χ3v) is 9.32. The van der Waals surface area contributed by atoms with Gasteiger partial charge in [-0.3, -0.25) is 0 Å². The lowest BCUT2D eigenvalue weighted by molar-refractivity contribution is 0.282. The van der Waals surface area contributed by atoms with Gasteiger partial charge < -0.3 is 19.9 Å². The summed E-state index contributed by atoms with van der Waals surface area (Å²) >= 11 is 0. The first-order valence-electron chi connectivity index (χ1n) is 12.6. The fraction of sp³-hybridized carbons (Fsp3) is 1.00. The summed E-state index contributed by atoms with van der Waals surface area (Å²) in [7, 11) is -2.02. The van der Waals surface area contributed by atoms with Gasteiger partial charge in [-0.05, 0) is 38.5 Å². The molecule has 0 aliphatic rings. The summed E-state index contributed by atoms with van der Waals surface area (Å²) in [6.07, 6.45) is 22.9. The molecule has 0 amide bonds. The van der Waals surface area contributed by atoms with E-state index in [0.717, 1.165) is 76.3 Å². The van der Waals surface area contributed by atoms with E-state index in [1.54, 1.807) is 0 Å². The maximum Gasteiger partial charge on any atom is 0.0877 e. The molecular formula is C24H51O4P. The highest BCUT2D eigenvalue weighted by Gasteiger charge is 2.20. The molecule has 0 unspecified atom stereocenters. The Labute approximate surface area is 181 Å². The monoisotopic (exact) mass is 434 g/mol. The van der Waals surface area contributed by atoms with Crippen molar-refractivity contribution in [3.05, 3.63) is 0 Å². The minimum absolute atomic E-state index is 0.301. The summed E-state index contributed by atoms with van der Waals surface area (Å²) in [4.78, 5) is 0. The van der Waals surface area contributed by atoms with Crippen molar-refractivity contribution in [2.24, 2.45) is 0 Å². The van der Waals surface area contributed by atoms with Crippen LogP contribution in [0.1, 0.15) is 116 Å². The molecule has 0 aliphatic carbocycles. The lowest BCUT2D eigenvalue weighted by Gasteiger charge is -2.18. The summed E-state index contributed by atoms with van der Waals surface area (Å²) in [5.74, 6) is 0. The van der Waals surface area contributed by atoms with E-state index in [2.05, 4.69) is 0 Å². The number of aliphatic hydroxyl groups excluding tert-OH is 3. The summed E-state index contributed by atoms with van der Waals surface area (Å²) in [5.41, 5.74) is 0. The van der Waals surface area contributed by atoms with Crippen molar-refractivity contribution in [3.63, 3.8) is 0 Å². The SMILES string of the molecule is O=P(CCCCCCCCO)(CCCCCCCCO)CCCCCCCCO. The molecule has 0 aromatic carbocycles. The predicted octanol–water partition coefficient (Wildman–Crippen LogP) is 6.35. The molecule has 4 nitrogen and oxygen atoms in total. The first-order chi connectivity index (χ1) is 14.2. The molecule has 0 atom stereocenters. The van der Waals surface area contributed by atoms with Gasteiger partial charge in [-0.2, -0.15) is 0 Å². The third-order valence-electron chi connectivity index (χ3n) is 5.92. The number of aliphatic hydroxyl groups is 3. The fourth-order valence-corrected chi connectivity index (χ4v) is 7.06. The minimum atomic E-state index is -2.02. The molecule has 29 heavy (non-hydrogen) atoms. The molecule has 0 aromatic heterocycles. The maximum absolute atomic E-state index is 13.5. The van der Waals surface area contributed by atoms with Gasteiger partial charge in [-0.25, -0.2) is 0 Å². The molecule has 0 heterocycles. The number of hydrogen-bond donors (Lipinski definition) is 3. The first kappa shape index (κ1) is 29.1. The lowest BCUT2D eigenvalue weighted by Crippen LogP contribution is -2.02. The average molecular weight is 435 g/mol. The van der Waals surface area contributed by atoms with Gasteiger partial charge in [0, 0.05) is 38.3 Å². The highest BCUT2D eigenvalue weighted by Crippen LogP contribution is 2.48. The Hall–Kier alpha value is 0.110. The van der Waals surface area contributed by atoms with Crippen molar-refractivity contribution in [3.8, 4) is 0 Å². The van der Waals surface area contributed by atoms with Crippen LogP contribution in [0.4, 0.5) is 0 Å². The van der Waals surface area contributed by atoms with Gasteiger partial charge in [0.25, 0.3) is 0 Å². The smallest absolute Gasteiger partial charge is 0.0877 e. The van der Waals surface area contributed by atoms with Crippen molar-refractivity contribution in [1.82, 2.24) is 0 Å². The second-order valence-corrected chi connectivity index (χ2v) is 12.2. The van der Waals surface area contributed by atoms with E-state index < -0.39 is 7.14 Å². The Kier molecular flexibility index (Phi) is 22.9. The lowest BCUT2D eigenvalue weighted by atomic mass is 10.1. The number of hydrogen-bond acceptors (Lipinski definition) is 4. The van der Waals surface area contributed by atoms with Crippen molar-refractivity contribution in [2.45, 2.75) is 116 Å². The van der Waals surface area contributed by atoms with Gasteiger partial charge >= 0.3 is 0 Å². The van der Waals surface area contributed by atoms with Gasteiger partial charge in [0.2, 0.25) is 0 Å². The zero-order valence-electron chi connectivity index (χ0n) is 19.2. The Morgan fingerprint density at radius 3 is 0.793 bits per heavy atom. The average Bonchev–Trinajstić information content (AvgIpc) is 2.72. The first-order valence-corrected chi connectivity index (χ1v) is 14.8. The maximum atomic E-state index is 13.5. The van der Waals surface area contributed by atoms with E-state index >= 15 is 0 Å². The molecule has 0 radical (unpaired) electrons. The molecule has 3 N–H and O–H groups in total. The van der Waals surface area contributed by atoms with Crippen LogP contribution >= 0.6 is 7.14 Å². The van der Waals surface area contributed by atoms with Crippen LogP contribution in [0.5, 0.6) is 0 Å². The van der Waals surface area contributed by atoms with Crippen molar-refractivity contribution >= 4 is 7.14 Å². The Morgan fingerprint density at radius 1 is 0.345 bits per heavy atom.